The fourth-order valence-electron chi connectivity index (χ4n) is 2.56. The van der Waals surface area contributed by atoms with Crippen molar-refractivity contribution in [2.75, 3.05) is 39.3 Å². The largest absolute Gasteiger partial charge is 0.387 e. The fraction of sp³-hybridized carbons (Fsp3) is 0.529. The number of rotatable bonds is 5. The lowest BCUT2D eigenvalue weighted by Crippen LogP contribution is -2.47. The zero-order chi connectivity index (χ0) is 14.4. The molecule has 0 bridgehead atoms. The summed E-state index contributed by atoms with van der Waals surface area (Å²) in [5, 5.41) is 10.3. The van der Waals surface area contributed by atoms with Gasteiger partial charge in [-0.05, 0) is 12.5 Å². The third-order valence-electron chi connectivity index (χ3n) is 3.93. The highest BCUT2D eigenvalue weighted by Gasteiger charge is 2.19. The number of terminal acetylenes is 1. The van der Waals surface area contributed by atoms with Crippen LogP contribution in [0, 0.1) is 19.3 Å². The van der Waals surface area contributed by atoms with Crippen molar-refractivity contribution in [3.63, 3.8) is 0 Å². The van der Waals surface area contributed by atoms with E-state index in [2.05, 4.69) is 34.8 Å². The van der Waals surface area contributed by atoms with Crippen molar-refractivity contribution >= 4 is 0 Å². The molecule has 1 saturated heterocycles. The Kier molecular flexibility index (Phi) is 5.60. The molecule has 2 rings (SSSR count). The summed E-state index contributed by atoms with van der Waals surface area (Å²) in [5.74, 6) is 2.69. The van der Waals surface area contributed by atoms with Crippen molar-refractivity contribution < 1.29 is 5.11 Å². The molecule has 1 aromatic carbocycles. The number of aliphatic hydroxyl groups excluding tert-OH is 1. The molecule has 1 N–H and O–H groups in total. The molecule has 0 spiro atoms. The minimum Gasteiger partial charge on any atom is -0.387 e. The molecule has 0 radical (unpaired) electrons. The lowest BCUT2D eigenvalue weighted by atomic mass is 10.1. The Bertz CT molecular complexity index is 441. The van der Waals surface area contributed by atoms with Crippen LogP contribution < -0.4 is 0 Å². The molecule has 3 nitrogen and oxygen atoms in total. The smallest absolute Gasteiger partial charge is 0.0916 e. The second-order valence-electron chi connectivity index (χ2n) is 5.52. The first-order chi connectivity index (χ1) is 9.69. The first-order valence-corrected chi connectivity index (χ1v) is 7.32. The van der Waals surface area contributed by atoms with Gasteiger partial charge in [0.15, 0.2) is 0 Å². The van der Waals surface area contributed by atoms with Gasteiger partial charge >= 0.3 is 0 Å². The van der Waals surface area contributed by atoms with Crippen LogP contribution in [0.2, 0.25) is 0 Å². The molecule has 1 aromatic rings. The summed E-state index contributed by atoms with van der Waals surface area (Å²) in [5.41, 5.74) is 2.23. The van der Waals surface area contributed by atoms with Crippen LogP contribution in [-0.2, 0) is 0 Å². The molecule has 1 aliphatic heterocycles. The van der Waals surface area contributed by atoms with Crippen LogP contribution >= 0.6 is 0 Å². The summed E-state index contributed by atoms with van der Waals surface area (Å²) < 4.78 is 0. The molecule has 1 fully saturated rings. The molecule has 1 atom stereocenters. The van der Waals surface area contributed by atoms with Gasteiger partial charge in [-0.3, -0.25) is 9.80 Å². The van der Waals surface area contributed by atoms with E-state index in [-0.39, 0.29) is 0 Å². The zero-order valence-electron chi connectivity index (χ0n) is 12.3. The molecule has 3 heteroatoms. The third-order valence-corrected chi connectivity index (χ3v) is 3.93. The average Bonchev–Trinajstić information content (AvgIpc) is 2.47. The van der Waals surface area contributed by atoms with E-state index in [0.717, 1.165) is 44.7 Å². The number of aliphatic hydroxyl groups is 1. The van der Waals surface area contributed by atoms with E-state index >= 15 is 0 Å². The van der Waals surface area contributed by atoms with E-state index < -0.39 is 6.10 Å². The van der Waals surface area contributed by atoms with Gasteiger partial charge in [-0.25, -0.2) is 0 Å². The van der Waals surface area contributed by atoms with Gasteiger partial charge in [0.1, 0.15) is 0 Å². The van der Waals surface area contributed by atoms with Gasteiger partial charge in [0.05, 0.1) is 6.10 Å². The Balaban J connectivity index is 1.77. The molecular formula is C17H24N2O. The first kappa shape index (κ1) is 15.1. The molecule has 20 heavy (non-hydrogen) atoms. The number of hydrogen-bond acceptors (Lipinski definition) is 3. The van der Waals surface area contributed by atoms with Gasteiger partial charge < -0.3 is 5.11 Å². The van der Waals surface area contributed by atoms with Gasteiger partial charge in [0.2, 0.25) is 0 Å². The Morgan fingerprint density at radius 2 is 1.75 bits per heavy atom. The van der Waals surface area contributed by atoms with Crippen molar-refractivity contribution in [3.8, 4) is 12.3 Å². The average molecular weight is 272 g/mol. The van der Waals surface area contributed by atoms with Gasteiger partial charge in [-0.15, -0.1) is 12.3 Å². The fourth-order valence-corrected chi connectivity index (χ4v) is 2.56. The van der Waals surface area contributed by atoms with Crippen molar-refractivity contribution in [3.05, 3.63) is 35.4 Å². The molecule has 0 amide bonds. The van der Waals surface area contributed by atoms with Crippen molar-refractivity contribution in [1.82, 2.24) is 9.80 Å². The molecular weight excluding hydrogens is 248 g/mol. The summed E-state index contributed by atoms with van der Waals surface area (Å²) >= 11 is 0. The predicted molar refractivity (Wildman–Crippen MR) is 82.5 cm³/mol. The van der Waals surface area contributed by atoms with Crippen molar-refractivity contribution in [2.24, 2.45) is 0 Å². The van der Waals surface area contributed by atoms with E-state index in [1.54, 1.807) is 0 Å². The summed E-state index contributed by atoms with van der Waals surface area (Å²) in [4.78, 5) is 4.73. The van der Waals surface area contributed by atoms with Crippen LogP contribution in [0.1, 0.15) is 23.7 Å². The minimum atomic E-state index is -0.396. The maximum Gasteiger partial charge on any atom is 0.0916 e. The summed E-state index contributed by atoms with van der Waals surface area (Å²) in [7, 11) is 0. The third kappa shape index (κ3) is 4.35. The number of aryl methyl sites for hydroxylation is 1. The van der Waals surface area contributed by atoms with E-state index in [1.807, 2.05) is 12.1 Å². The van der Waals surface area contributed by atoms with Gasteiger partial charge in [0.25, 0.3) is 0 Å². The summed E-state index contributed by atoms with van der Waals surface area (Å²) in [6.07, 6.45) is 5.72. The van der Waals surface area contributed by atoms with Crippen LogP contribution in [0.5, 0.6) is 0 Å². The lowest BCUT2D eigenvalue weighted by molar-refractivity contribution is 0.0733. The number of β-amino-alcohol motifs (C(OH)–C–C–N with tert-alkyl or cyclic N) is 1. The summed E-state index contributed by atoms with van der Waals surface area (Å²) in [6.45, 7) is 7.87. The highest BCUT2D eigenvalue weighted by atomic mass is 16.3. The summed E-state index contributed by atoms with van der Waals surface area (Å²) in [6, 6.07) is 8.14. The SMILES string of the molecule is C#CCCN1CCN(CC(O)c2ccc(C)cc2)CC1. The van der Waals surface area contributed by atoms with E-state index in [1.165, 1.54) is 5.56 Å². The van der Waals surface area contributed by atoms with E-state index in [9.17, 15) is 5.11 Å². The van der Waals surface area contributed by atoms with Crippen molar-refractivity contribution in [1.29, 1.82) is 0 Å². The topological polar surface area (TPSA) is 26.7 Å². The van der Waals surface area contributed by atoms with E-state index in [0.29, 0.717) is 6.54 Å². The second kappa shape index (κ2) is 7.44. The standard InChI is InChI=1S/C17H24N2O/c1-3-4-9-18-10-12-19(13-11-18)14-17(20)16-7-5-15(2)6-8-16/h1,5-8,17,20H,4,9-14H2,2H3. The Hall–Kier alpha value is -1.34. The zero-order valence-corrected chi connectivity index (χ0v) is 12.3. The Labute approximate surface area is 122 Å². The lowest BCUT2D eigenvalue weighted by Gasteiger charge is -2.35. The number of hydrogen-bond donors (Lipinski definition) is 1. The first-order valence-electron chi connectivity index (χ1n) is 7.32. The second-order valence-corrected chi connectivity index (χ2v) is 5.52. The maximum absolute atomic E-state index is 10.3. The quantitative estimate of drug-likeness (QED) is 0.826. The van der Waals surface area contributed by atoms with Gasteiger partial charge in [-0.1, -0.05) is 29.8 Å². The molecule has 1 aliphatic rings. The van der Waals surface area contributed by atoms with Crippen LogP contribution in [0.3, 0.4) is 0 Å². The number of piperazine rings is 1. The minimum absolute atomic E-state index is 0.396. The molecule has 1 heterocycles. The normalized spacial score (nSPS) is 18.6. The maximum atomic E-state index is 10.3. The molecule has 0 aliphatic carbocycles. The predicted octanol–water partition coefficient (Wildman–Crippen LogP) is 1.67. The van der Waals surface area contributed by atoms with Gasteiger partial charge in [0, 0.05) is 45.7 Å². The highest BCUT2D eigenvalue weighted by molar-refractivity contribution is 5.23. The molecule has 108 valence electrons. The number of benzene rings is 1. The Morgan fingerprint density at radius 3 is 2.35 bits per heavy atom. The highest BCUT2D eigenvalue weighted by Crippen LogP contribution is 2.16. The van der Waals surface area contributed by atoms with Crippen LogP contribution in [0.15, 0.2) is 24.3 Å². The van der Waals surface area contributed by atoms with E-state index in [4.69, 9.17) is 6.42 Å². The number of nitrogens with zero attached hydrogens (tertiary/aromatic N) is 2. The van der Waals surface area contributed by atoms with Crippen LogP contribution in [0.25, 0.3) is 0 Å². The molecule has 0 saturated carbocycles. The Morgan fingerprint density at radius 1 is 1.15 bits per heavy atom. The van der Waals surface area contributed by atoms with Crippen molar-refractivity contribution in [2.45, 2.75) is 19.4 Å². The van der Waals surface area contributed by atoms with Crippen LogP contribution in [0.4, 0.5) is 0 Å². The van der Waals surface area contributed by atoms with Crippen LogP contribution in [-0.4, -0.2) is 54.2 Å². The molecule has 0 aromatic heterocycles. The van der Waals surface area contributed by atoms with Gasteiger partial charge in [-0.2, -0.15) is 0 Å². The monoisotopic (exact) mass is 272 g/mol. The molecule has 1 unspecified atom stereocenters.